The summed E-state index contributed by atoms with van der Waals surface area (Å²) in [6.45, 7) is 0. The Kier molecular flexibility index (Phi) is 95.3. The fraction of sp³-hybridized carbons (Fsp3) is 0. The Morgan fingerprint density at radius 3 is 0.667 bits per heavy atom. The molecule has 0 unspecified atom stereocenters. The summed E-state index contributed by atoms with van der Waals surface area (Å²) in [6, 6.07) is 0. The van der Waals surface area contributed by atoms with Gasteiger partial charge in [-0.1, -0.05) is 0 Å². The molecule has 12 heteroatoms. The monoisotopic (exact) mass is 238 g/mol. The first-order valence-electron chi connectivity index (χ1n) is 1.10. The summed E-state index contributed by atoms with van der Waals surface area (Å²) >= 11 is 0. The van der Waals surface area contributed by atoms with Crippen LogP contribution in [0.15, 0.2) is 0 Å². The predicted octanol–water partition coefficient (Wildman–Crippen LogP) is -1.59. The van der Waals surface area contributed by atoms with E-state index in [1.807, 2.05) is 0 Å². The molecule has 0 aromatic heterocycles. The minimum atomic E-state index is -1.75. The summed E-state index contributed by atoms with van der Waals surface area (Å²) < 4.78 is 0. The standard InChI is InChI=1S/2Ca.2NO3.2H2O/c;;2*2-1(3)4;;/h;;;;2*1H2/q2*+2;2*-1;;/p-2. The molecular weight excluding hydrogens is 236 g/mol. The van der Waals surface area contributed by atoms with Gasteiger partial charge in [-0.25, -0.2) is 0 Å². The zero-order valence-electron chi connectivity index (χ0n) is 5.65. The van der Waals surface area contributed by atoms with Gasteiger partial charge in [0.25, 0.3) is 0 Å². The molecule has 0 amide bonds. The third-order valence-corrected chi connectivity index (χ3v) is 0. The molecule has 0 aromatic rings. The van der Waals surface area contributed by atoms with Gasteiger partial charge in [-0.2, -0.15) is 0 Å². The Morgan fingerprint density at radius 1 is 0.667 bits per heavy atom. The van der Waals surface area contributed by atoms with Crippen LogP contribution < -0.4 is 0 Å². The van der Waals surface area contributed by atoms with Gasteiger partial charge in [-0.05, 0) is 0 Å². The van der Waals surface area contributed by atoms with Crippen LogP contribution in [0.3, 0.4) is 0 Å². The van der Waals surface area contributed by atoms with E-state index in [1.54, 1.807) is 0 Å². The smallest absolute Gasteiger partial charge is 0.870 e. The van der Waals surface area contributed by atoms with Crippen LogP contribution in [0.2, 0.25) is 0 Å². The van der Waals surface area contributed by atoms with Crippen molar-refractivity contribution in [1.29, 1.82) is 0 Å². The summed E-state index contributed by atoms with van der Waals surface area (Å²) in [4.78, 5) is 16.5. The quantitative estimate of drug-likeness (QED) is 0.273. The summed E-state index contributed by atoms with van der Waals surface area (Å²) in [5.41, 5.74) is 0. The van der Waals surface area contributed by atoms with Gasteiger partial charge in [0.05, 0.1) is 10.2 Å². The maximum atomic E-state index is 8.25. The average Bonchev–Trinajstić information content (AvgIpc) is 1.25. The van der Waals surface area contributed by atoms with Crippen LogP contribution in [0.1, 0.15) is 0 Å². The van der Waals surface area contributed by atoms with Crippen molar-refractivity contribution >= 4 is 75.5 Å². The van der Waals surface area contributed by atoms with Crippen LogP contribution in [0.4, 0.5) is 0 Å². The second-order valence-corrected chi connectivity index (χ2v) is 0.447. The second kappa shape index (κ2) is 29.7. The van der Waals surface area contributed by atoms with Crippen molar-refractivity contribution in [3.8, 4) is 0 Å². The molecule has 0 aromatic carbocycles. The average molecular weight is 238 g/mol. The summed E-state index contributed by atoms with van der Waals surface area (Å²) in [7, 11) is 0. The Morgan fingerprint density at radius 2 is 0.667 bits per heavy atom. The van der Waals surface area contributed by atoms with Gasteiger partial charge < -0.3 is 41.6 Å². The zero-order chi connectivity index (χ0) is 7.15. The third-order valence-electron chi connectivity index (χ3n) is 0. The van der Waals surface area contributed by atoms with Crippen LogP contribution in [0.5, 0.6) is 0 Å². The molecule has 0 aliphatic heterocycles. The summed E-state index contributed by atoms with van der Waals surface area (Å²) in [6.07, 6.45) is 0. The Hall–Kier alpha value is 0.839. The molecule has 0 aliphatic rings. The van der Waals surface area contributed by atoms with Gasteiger partial charge in [-0.3, -0.25) is 0 Å². The van der Waals surface area contributed by atoms with Crippen LogP contribution >= 0.6 is 0 Å². The van der Waals surface area contributed by atoms with Gasteiger partial charge >= 0.3 is 75.5 Å². The van der Waals surface area contributed by atoms with E-state index in [9.17, 15) is 0 Å². The number of nitrogens with zero attached hydrogens (tertiary/aromatic N) is 2. The number of rotatable bonds is 0. The van der Waals surface area contributed by atoms with Gasteiger partial charge in [0.15, 0.2) is 0 Å². The van der Waals surface area contributed by atoms with Crippen molar-refractivity contribution in [1.82, 2.24) is 0 Å². The van der Waals surface area contributed by atoms with Crippen LogP contribution in [0.25, 0.3) is 0 Å². The van der Waals surface area contributed by atoms with E-state index in [-0.39, 0.29) is 86.4 Å². The first kappa shape index (κ1) is 38.5. The molecule has 0 radical (unpaired) electrons. The molecule has 0 aliphatic carbocycles. The fourth-order valence-electron chi connectivity index (χ4n) is 0. The van der Waals surface area contributed by atoms with Crippen molar-refractivity contribution < 1.29 is 21.1 Å². The minimum absolute atomic E-state index is 0. The number of hydrogen-bond acceptors (Lipinski definition) is 8. The minimum Gasteiger partial charge on any atom is -0.870 e. The van der Waals surface area contributed by atoms with Crippen LogP contribution in [0, 0.1) is 30.6 Å². The van der Waals surface area contributed by atoms with Crippen LogP contribution in [-0.4, -0.2) is 96.6 Å². The normalized spacial score (nSPS) is 4.00. The van der Waals surface area contributed by atoms with E-state index < -0.39 is 10.2 Å². The van der Waals surface area contributed by atoms with Gasteiger partial charge in [-0.15, -0.1) is 0 Å². The van der Waals surface area contributed by atoms with E-state index >= 15 is 0 Å². The predicted molar refractivity (Wildman–Crippen MR) is 36.1 cm³/mol. The van der Waals surface area contributed by atoms with Gasteiger partial charge in [0.2, 0.25) is 0 Å². The van der Waals surface area contributed by atoms with Crippen molar-refractivity contribution in [2.24, 2.45) is 0 Å². The Balaban J connectivity index is -0.0000000112. The first-order chi connectivity index (χ1) is 3.46. The maximum absolute atomic E-state index is 8.25. The third kappa shape index (κ3) is 1490. The Bertz CT molecular complexity index is 73.1. The molecule has 0 saturated heterocycles. The maximum Gasteiger partial charge on any atom is 2.00 e. The SMILES string of the molecule is O=[N+]([O-])[O-].O=[N+]([O-])[O-].[Ca+2].[Ca+2].[OH-].[OH-]. The van der Waals surface area contributed by atoms with Crippen molar-refractivity contribution in [3.63, 3.8) is 0 Å². The topological polar surface area (TPSA) is 192 Å². The molecule has 0 bridgehead atoms. The molecule has 0 spiro atoms. The van der Waals surface area contributed by atoms with E-state index in [2.05, 4.69) is 0 Å². The second-order valence-electron chi connectivity index (χ2n) is 0.447. The molecular formula is H2Ca2N2O8. The molecule has 0 saturated carbocycles. The number of hydrogen-bond donors (Lipinski definition) is 0. The molecule has 0 atom stereocenters. The van der Waals surface area contributed by atoms with Gasteiger partial charge in [0.1, 0.15) is 0 Å². The van der Waals surface area contributed by atoms with Crippen molar-refractivity contribution in [2.75, 3.05) is 0 Å². The summed E-state index contributed by atoms with van der Waals surface area (Å²) in [5, 5.41) is 29.5. The van der Waals surface area contributed by atoms with E-state index in [4.69, 9.17) is 30.6 Å². The fourth-order valence-corrected chi connectivity index (χ4v) is 0. The van der Waals surface area contributed by atoms with Crippen molar-refractivity contribution in [2.45, 2.75) is 0 Å². The van der Waals surface area contributed by atoms with Crippen molar-refractivity contribution in [3.05, 3.63) is 30.6 Å². The first-order valence-corrected chi connectivity index (χ1v) is 1.10. The summed E-state index contributed by atoms with van der Waals surface area (Å²) in [5.74, 6) is 0. The molecule has 64 valence electrons. The largest absolute Gasteiger partial charge is 2.00 e. The molecule has 2 N–H and O–H groups in total. The molecule has 0 heterocycles. The van der Waals surface area contributed by atoms with Crippen LogP contribution in [-0.2, 0) is 0 Å². The molecule has 10 nitrogen and oxygen atoms in total. The van der Waals surface area contributed by atoms with E-state index in [0.29, 0.717) is 0 Å². The Labute approximate surface area is 125 Å². The molecule has 12 heavy (non-hydrogen) atoms. The van der Waals surface area contributed by atoms with E-state index in [1.165, 1.54) is 0 Å². The molecule has 0 fully saturated rings. The zero-order valence-corrected chi connectivity index (χ0v) is 10.1. The van der Waals surface area contributed by atoms with Gasteiger partial charge in [0, 0.05) is 0 Å². The van der Waals surface area contributed by atoms with E-state index in [0.717, 1.165) is 0 Å². The molecule has 0 rings (SSSR count).